The highest BCUT2D eigenvalue weighted by molar-refractivity contribution is 4.68. The maximum Gasteiger partial charge on any atom is 0.0596 e. The Morgan fingerprint density at radius 1 is 1.18 bits per heavy atom. The summed E-state index contributed by atoms with van der Waals surface area (Å²) in [4.78, 5) is 0. The molecule has 1 aliphatic rings. The first-order valence-corrected chi connectivity index (χ1v) is 4.54. The SMILES string of the molecule is COC1CCCCCC(O)C1. The third kappa shape index (κ3) is 3.21. The lowest BCUT2D eigenvalue weighted by atomic mass is 9.96. The number of ether oxygens (including phenoxy) is 1. The first-order chi connectivity index (χ1) is 5.33. The average Bonchev–Trinajstić information content (AvgIpc) is 1.96. The Labute approximate surface area is 68.6 Å². The van der Waals surface area contributed by atoms with Crippen molar-refractivity contribution in [3.63, 3.8) is 0 Å². The number of hydrogen-bond donors (Lipinski definition) is 1. The van der Waals surface area contributed by atoms with Crippen molar-refractivity contribution >= 4 is 0 Å². The summed E-state index contributed by atoms with van der Waals surface area (Å²) in [6.45, 7) is 0. The van der Waals surface area contributed by atoms with Crippen molar-refractivity contribution < 1.29 is 9.84 Å². The molecule has 0 aromatic heterocycles. The molecule has 1 fully saturated rings. The van der Waals surface area contributed by atoms with Crippen molar-refractivity contribution in [2.45, 2.75) is 50.7 Å². The van der Waals surface area contributed by atoms with Crippen LogP contribution in [0, 0.1) is 0 Å². The summed E-state index contributed by atoms with van der Waals surface area (Å²) in [6, 6.07) is 0. The van der Waals surface area contributed by atoms with Crippen LogP contribution in [0.2, 0.25) is 0 Å². The van der Waals surface area contributed by atoms with Gasteiger partial charge in [-0.05, 0) is 19.3 Å². The number of aliphatic hydroxyl groups excluding tert-OH is 1. The predicted molar refractivity (Wildman–Crippen MR) is 44.5 cm³/mol. The van der Waals surface area contributed by atoms with E-state index in [1.165, 1.54) is 19.3 Å². The highest BCUT2D eigenvalue weighted by atomic mass is 16.5. The Morgan fingerprint density at radius 3 is 2.64 bits per heavy atom. The van der Waals surface area contributed by atoms with Gasteiger partial charge in [0, 0.05) is 7.11 Å². The summed E-state index contributed by atoms with van der Waals surface area (Å²) in [7, 11) is 1.74. The van der Waals surface area contributed by atoms with E-state index in [1.54, 1.807) is 7.11 Å². The van der Waals surface area contributed by atoms with E-state index in [-0.39, 0.29) is 6.10 Å². The molecule has 0 spiro atoms. The Morgan fingerprint density at radius 2 is 1.91 bits per heavy atom. The van der Waals surface area contributed by atoms with Gasteiger partial charge in [-0.1, -0.05) is 19.3 Å². The standard InChI is InChI=1S/C9H18O2/c1-11-9-6-4-2-3-5-8(10)7-9/h8-10H,2-7H2,1H3. The van der Waals surface area contributed by atoms with Gasteiger partial charge in [0.1, 0.15) is 0 Å². The molecule has 66 valence electrons. The fourth-order valence-corrected chi connectivity index (χ4v) is 1.68. The fraction of sp³-hybridized carbons (Fsp3) is 1.00. The molecule has 2 unspecified atom stereocenters. The van der Waals surface area contributed by atoms with Gasteiger partial charge in [-0.25, -0.2) is 0 Å². The third-order valence-corrected chi connectivity index (χ3v) is 2.43. The summed E-state index contributed by atoms with van der Waals surface area (Å²) in [5.41, 5.74) is 0. The van der Waals surface area contributed by atoms with Crippen LogP contribution >= 0.6 is 0 Å². The van der Waals surface area contributed by atoms with E-state index in [9.17, 15) is 5.11 Å². The maximum absolute atomic E-state index is 9.44. The summed E-state index contributed by atoms with van der Waals surface area (Å²) in [6.07, 6.45) is 6.76. The van der Waals surface area contributed by atoms with Crippen molar-refractivity contribution in [2.24, 2.45) is 0 Å². The second kappa shape index (κ2) is 4.73. The van der Waals surface area contributed by atoms with E-state index >= 15 is 0 Å². The van der Waals surface area contributed by atoms with E-state index in [2.05, 4.69) is 0 Å². The second-order valence-electron chi connectivity index (χ2n) is 3.39. The van der Waals surface area contributed by atoms with Crippen LogP contribution in [0.4, 0.5) is 0 Å². The van der Waals surface area contributed by atoms with Crippen molar-refractivity contribution in [1.29, 1.82) is 0 Å². The largest absolute Gasteiger partial charge is 0.393 e. The van der Waals surface area contributed by atoms with Crippen LogP contribution in [0.15, 0.2) is 0 Å². The molecule has 2 heteroatoms. The Hall–Kier alpha value is -0.0800. The van der Waals surface area contributed by atoms with Gasteiger partial charge in [0.15, 0.2) is 0 Å². The number of rotatable bonds is 1. The molecular formula is C9H18O2. The van der Waals surface area contributed by atoms with Gasteiger partial charge in [0.05, 0.1) is 12.2 Å². The van der Waals surface area contributed by atoms with Gasteiger partial charge in [0.25, 0.3) is 0 Å². The second-order valence-corrected chi connectivity index (χ2v) is 3.39. The number of aliphatic hydroxyl groups is 1. The van der Waals surface area contributed by atoms with E-state index in [4.69, 9.17) is 4.74 Å². The number of methoxy groups -OCH3 is 1. The van der Waals surface area contributed by atoms with E-state index in [0.29, 0.717) is 6.10 Å². The van der Waals surface area contributed by atoms with Crippen LogP contribution < -0.4 is 0 Å². The summed E-state index contributed by atoms with van der Waals surface area (Å²) in [5.74, 6) is 0. The Balaban J connectivity index is 2.29. The van der Waals surface area contributed by atoms with Crippen LogP contribution in [0.25, 0.3) is 0 Å². The highest BCUT2D eigenvalue weighted by Gasteiger charge is 2.15. The molecule has 0 aliphatic heterocycles. The quantitative estimate of drug-likeness (QED) is 0.629. The average molecular weight is 158 g/mol. The van der Waals surface area contributed by atoms with Crippen LogP contribution in [0.1, 0.15) is 38.5 Å². The zero-order valence-electron chi connectivity index (χ0n) is 7.25. The highest BCUT2D eigenvalue weighted by Crippen LogP contribution is 2.19. The molecule has 0 radical (unpaired) electrons. The minimum absolute atomic E-state index is 0.125. The molecule has 1 rings (SSSR count). The topological polar surface area (TPSA) is 29.5 Å². The summed E-state index contributed by atoms with van der Waals surface area (Å²) < 4.78 is 5.24. The molecule has 11 heavy (non-hydrogen) atoms. The molecule has 0 saturated heterocycles. The van der Waals surface area contributed by atoms with Crippen LogP contribution in [0.5, 0.6) is 0 Å². The summed E-state index contributed by atoms with van der Waals surface area (Å²) >= 11 is 0. The zero-order chi connectivity index (χ0) is 8.10. The van der Waals surface area contributed by atoms with Crippen molar-refractivity contribution in [2.75, 3.05) is 7.11 Å². The van der Waals surface area contributed by atoms with Gasteiger partial charge in [-0.2, -0.15) is 0 Å². The lowest BCUT2D eigenvalue weighted by Gasteiger charge is -2.21. The minimum atomic E-state index is -0.125. The molecule has 1 aliphatic carbocycles. The van der Waals surface area contributed by atoms with Gasteiger partial charge < -0.3 is 9.84 Å². The zero-order valence-corrected chi connectivity index (χ0v) is 7.25. The molecule has 2 nitrogen and oxygen atoms in total. The molecule has 0 aromatic carbocycles. The molecule has 2 atom stereocenters. The van der Waals surface area contributed by atoms with Gasteiger partial charge in [0.2, 0.25) is 0 Å². The fourth-order valence-electron chi connectivity index (χ4n) is 1.68. The van der Waals surface area contributed by atoms with Gasteiger partial charge >= 0.3 is 0 Å². The lowest BCUT2D eigenvalue weighted by Crippen LogP contribution is -2.21. The molecule has 0 aromatic rings. The number of hydrogen-bond acceptors (Lipinski definition) is 2. The van der Waals surface area contributed by atoms with E-state index in [1.807, 2.05) is 0 Å². The molecule has 1 saturated carbocycles. The first kappa shape index (κ1) is 9.01. The maximum atomic E-state index is 9.44. The van der Waals surface area contributed by atoms with Crippen molar-refractivity contribution in [1.82, 2.24) is 0 Å². The first-order valence-electron chi connectivity index (χ1n) is 4.54. The van der Waals surface area contributed by atoms with E-state index < -0.39 is 0 Å². The normalized spacial score (nSPS) is 34.4. The molecule has 0 bridgehead atoms. The molecular weight excluding hydrogens is 140 g/mol. The molecule has 1 N–H and O–H groups in total. The van der Waals surface area contributed by atoms with Crippen LogP contribution in [0.3, 0.4) is 0 Å². The van der Waals surface area contributed by atoms with Crippen molar-refractivity contribution in [3.05, 3.63) is 0 Å². The Bertz CT molecular complexity index is 104. The molecule has 0 amide bonds. The monoisotopic (exact) mass is 158 g/mol. The minimum Gasteiger partial charge on any atom is -0.393 e. The van der Waals surface area contributed by atoms with Crippen LogP contribution in [-0.4, -0.2) is 24.4 Å². The van der Waals surface area contributed by atoms with Gasteiger partial charge in [-0.3, -0.25) is 0 Å². The van der Waals surface area contributed by atoms with Crippen LogP contribution in [-0.2, 0) is 4.74 Å². The predicted octanol–water partition coefficient (Wildman–Crippen LogP) is 1.72. The third-order valence-electron chi connectivity index (χ3n) is 2.43. The molecule has 0 heterocycles. The van der Waals surface area contributed by atoms with E-state index in [0.717, 1.165) is 19.3 Å². The van der Waals surface area contributed by atoms with Crippen molar-refractivity contribution in [3.8, 4) is 0 Å². The van der Waals surface area contributed by atoms with Gasteiger partial charge in [-0.15, -0.1) is 0 Å². The smallest absolute Gasteiger partial charge is 0.0596 e. The Kier molecular flexibility index (Phi) is 3.87. The summed E-state index contributed by atoms with van der Waals surface area (Å²) in [5, 5.41) is 9.44. The lowest BCUT2D eigenvalue weighted by molar-refractivity contribution is 0.0286.